The van der Waals surface area contributed by atoms with Crippen molar-refractivity contribution in [2.24, 2.45) is 5.73 Å². The Hall–Kier alpha value is -3.13. The molecule has 3 rings (SSSR count). The van der Waals surface area contributed by atoms with E-state index in [4.69, 9.17) is 16.9 Å². The topological polar surface area (TPSA) is 148 Å². The highest BCUT2D eigenvalue weighted by molar-refractivity contribution is 5.98. The maximum absolute atomic E-state index is 11.0. The number of nitrogens with one attached hydrogen (secondary N) is 2. The minimum atomic E-state index is -0.532. The van der Waals surface area contributed by atoms with Gasteiger partial charge in [-0.15, -0.1) is 12.4 Å². The highest BCUT2D eigenvalue weighted by Crippen LogP contribution is 2.28. The Kier molecular flexibility index (Phi) is 4.19. The number of anilines is 1. The molecule has 0 amide bonds. The first kappa shape index (κ1) is 16.2. The second-order valence-electron chi connectivity index (χ2n) is 4.76. The van der Waals surface area contributed by atoms with E-state index in [2.05, 4.69) is 9.97 Å². The molecule has 0 bridgehead atoms. The van der Waals surface area contributed by atoms with E-state index in [1.807, 2.05) is 0 Å². The van der Waals surface area contributed by atoms with Gasteiger partial charge >= 0.3 is 0 Å². The summed E-state index contributed by atoms with van der Waals surface area (Å²) in [4.78, 5) is 17.9. The minimum Gasteiger partial charge on any atom is -0.393 e. The van der Waals surface area contributed by atoms with E-state index in [0.29, 0.717) is 28.0 Å². The highest BCUT2D eigenvalue weighted by Gasteiger charge is 2.14. The van der Waals surface area contributed by atoms with Crippen molar-refractivity contribution in [2.45, 2.75) is 0 Å². The number of nitro groups is 1. The van der Waals surface area contributed by atoms with Gasteiger partial charge in [-0.2, -0.15) is 0 Å². The van der Waals surface area contributed by atoms with Crippen molar-refractivity contribution >= 4 is 40.7 Å². The number of hydrogen-bond donors (Lipinski definition) is 4. The number of halogens is 1. The lowest BCUT2D eigenvalue weighted by atomic mass is 10.1. The number of hydrogen-bond acceptors (Lipinski definition) is 5. The molecule has 9 heteroatoms. The Labute approximate surface area is 136 Å². The number of aromatic amines is 1. The zero-order valence-corrected chi connectivity index (χ0v) is 12.6. The van der Waals surface area contributed by atoms with Crippen molar-refractivity contribution in [3.8, 4) is 11.4 Å². The predicted octanol–water partition coefficient (Wildman–Crippen LogP) is 2.43. The Morgan fingerprint density at radius 1 is 1.26 bits per heavy atom. The number of amidine groups is 1. The number of H-pyrrole nitrogens is 1. The first-order chi connectivity index (χ1) is 10.5. The normalized spacial score (nSPS) is 10.3. The van der Waals surface area contributed by atoms with Crippen molar-refractivity contribution in [3.63, 3.8) is 0 Å². The number of nitro benzene ring substituents is 1. The van der Waals surface area contributed by atoms with Crippen LogP contribution in [0.5, 0.6) is 0 Å². The first-order valence-corrected chi connectivity index (χ1v) is 6.34. The van der Waals surface area contributed by atoms with E-state index in [-0.39, 0.29) is 29.6 Å². The van der Waals surface area contributed by atoms with Gasteiger partial charge in [0.15, 0.2) is 0 Å². The molecule has 0 fully saturated rings. The van der Waals surface area contributed by atoms with Crippen molar-refractivity contribution in [1.29, 1.82) is 5.41 Å². The van der Waals surface area contributed by atoms with Crippen LogP contribution in [0.2, 0.25) is 0 Å². The van der Waals surface area contributed by atoms with E-state index >= 15 is 0 Å². The summed E-state index contributed by atoms with van der Waals surface area (Å²) in [6.45, 7) is 0. The summed E-state index contributed by atoms with van der Waals surface area (Å²) in [5.41, 5.74) is 13.5. The van der Waals surface area contributed by atoms with E-state index in [1.54, 1.807) is 24.3 Å². The molecule has 8 nitrogen and oxygen atoms in total. The Morgan fingerprint density at radius 3 is 2.65 bits per heavy atom. The van der Waals surface area contributed by atoms with Crippen molar-refractivity contribution in [2.75, 3.05) is 5.73 Å². The quantitative estimate of drug-likeness (QED) is 0.191. The monoisotopic (exact) mass is 332 g/mol. The lowest BCUT2D eigenvalue weighted by molar-refractivity contribution is -0.383. The molecule has 0 spiro atoms. The molecule has 1 heterocycles. The minimum absolute atomic E-state index is 0. The maximum Gasteiger partial charge on any atom is 0.292 e. The van der Waals surface area contributed by atoms with E-state index < -0.39 is 4.92 Å². The summed E-state index contributed by atoms with van der Waals surface area (Å²) < 4.78 is 0. The Bertz CT molecular complexity index is 921. The van der Waals surface area contributed by atoms with Crippen LogP contribution in [0, 0.1) is 15.5 Å². The van der Waals surface area contributed by atoms with Gasteiger partial charge in [-0.3, -0.25) is 15.5 Å². The summed E-state index contributed by atoms with van der Waals surface area (Å²) in [6, 6.07) is 9.64. The number of nitrogen functional groups attached to an aromatic ring is 2. The van der Waals surface area contributed by atoms with E-state index in [9.17, 15) is 10.1 Å². The molecule has 0 saturated heterocycles. The van der Waals surface area contributed by atoms with E-state index in [0.717, 1.165) is 0 Å². The molecule has 0 aliphatic carbocycles. The fourth-order valence-electron chi connectivity index (χ4n) is 2.16. The molecule has 0 atom stereocenters. The third-order valence-electron chi connectivity index (χ3n) is 3.29. The zero-order chi connectivity index (χ0) is 15.9. The van der Waals surface area contributed by atoms with Crippen LogP contribution in [0.1, 0.15) is 5.56 Å². The molecule has 0 saturated carbocycles. The molecule has 0 aliphatic heterocycles. The molecule has 0 unspecified atom stereocenters. The maximum atomic E-state index is 11.0. The van der Waals surface area contributed by atoms with Crippen LogP contribution in [0.4, 0.5) is 11.4 Å². The van der Waals surface area contributed by atoms with E-state index in [1.165, 1.54) is 12.1 Å². The number of nitrogens with zero attached hydrogens (tertiary/aromatic N) is 2. The number of rotatable bonds is 3. The Morgan fingerprint density at radius 2 is 2.00 bits per heavy atom. The smallest absolute Gasteiger partial charge is 0.292 e. The number of aromatic nitrogens is 2. The second-order valence-corrected chi connectivity index (χ2v) is 4.76. The average Bonchev–Trinajstić information content (AvgIpc) is 2.90. The lowest BCUT2D eigenvalue weighted by Crippen LogP contribution is -2.10. The standard InChI is InChI=1S/C14H12N6O2.ClH/c15-9-3-1-8(6-12(9)20(21)22)14-18-10-4-2-7(13(16)17)5-11(10)19-14;/h1-6H,15H2,(H3,16,17)(H,18,19);1H. The molecule has 2 aromatic carbocycles. The zero-order valence-electron chi connectivity index (χ0n) is 11.7. The van der Waals surface area contributed by atoms with Gasteiger partial charge in [0.2, 0.25) is 0 Å². The predicted molar refractivity (Wildman–Crippen MR) is 90.9 cm³/mol. The van der Waals surface area contributed by atoms with Crippen LogP contribution < -0.4 is 11.5 Å². The molecular weight excluding hydrogens is 320 g/mol. The van der Waals surface area contributed by atoms with Crippen molar-refractivity contribution < 1.29 is 4.92 Å². The third kappa shape index (κ3) is 2.92. The fraction of sp³-hybridized carbons (Fsp3) is 0. The lowest BCUT2D eigenvalue weighted by Gasteiger charge is -2.00. The van der Waals surface area contributed by atoms with Crippen LogP contribution in [0.25, 0.3) is 22.4 Å². The first-order valence-electron chi connectivity index (χ1n) is 6.34. The molecule has 6 N–H and O–H groups in total. The molecule has 118 valence electrons. The number of fused-ring (bicyclic) bond motifs is 1. The Balaban J connectivity index is 0.00000192. The van der Waals surface area contributed by atoms with Gasteiger partial charge in [0, 0.05) is 17.2 Å². The van der Waals surface area contributed by atoms with Gasteiger partial charge < -0.3 is 16.5 Å². The fourth-order valence-corrected chi connectivity index (χ4v) is 2.16. The van der Waals surface area contributed by atoms with Crippen LogP contribution in [0.3, 0.4) is 0 Å². The van der Waals surface area contributed by atoms with Crippen LogP contribution in [0.15, 0.2) is 36.4 Å². The molecule has 0 radical (unpaired) electrons. The van der Waals surface area contributed by atoms with Gasteiger partial charge in [-0.05, 0) is 30.3 Å². The van der Waals surface area contributed by atoms with Crippen molar-refractivity contribution in [1.82, 2.24) is 9.97 Å². The third-order valence-corrected chi connectivity index (χ3v) is 3.29. The molecule has 1 aromatic heterocycles. The number of benzene rings is 2. The van der Waals surface area contributed by atoms with Crippen LogP contribution >= 0.6 is 12.4 Å². The summed E-state index contributed by atoms with van der Waals surface area (Å²) in [6.07, 6.45) is 0. The molecule has 0 aliphatic rings. The average molecular weight is 333 g/mol. The van der Waals surface area contributed by atoms with Crippen LogP contribution in [-0.2, 0) is 0 Å². The van der Waals surface area contributed by atoms with Gasteiger partial charge in [-0.1, -0.05) is 0 Å². The highest BCUT2D eigenvalue weighted by atomic mass is 35.5. The van der Waals surface area contributed by atoms with Gasteiger partial charge in [0.1, 0.15) is 17.3 Å². The molecule has 23 heavy (non-hydrogen) atoms. The van der Waals surface area contributed by atoms with Crippen LogP contribution in [-0.4, -0.2) is 20.7 Å². The number of imidazole rings is 1. The van der Waals surface area contributed by atoms with Crippen molar-refractivity contribution in [3.05, 3.63) is 52.1 Å². The SMILES string of the molecule is Cl.N=C(N)c1ccc2nc(-c3ccc(N)c([N+](=O)[O-])c3)[nH]c2c1. The molecular formula is C14H13ClN6O2. The molecule has 3 aromatic rings. The summed E-state index contributed by atoms with van der Waals surface area (Å²) in [5.74, 6) is 0.444. The number of nitrogens with two attached hydrogens (primary N) is 2. The summed E-state index contributed by atoms with van der Waals surface area (Å²) >= 11 is 0. The van der Waals surface area contributed by atoms with Gasteiger partial charge in [0.05, 0.1) is 16.0 Å². The summed E-state index contributed by atoms with van der Waals surface area (Å²) in [5, 5.41) is 18.4. The summed E-state index contributed by atoms with van der Waals surface area (Å²) in [7, 11) is 0. The largest absolute Gasteiger partial charge is 0.393 e. The van der Waals surface area contributed by atoms with Gasteiger partial charge in [-0.25, -0.2) is 4.98 Å². The van der Waals surface area contributed by atoms with Gasteiger partial charge in [0.25, 0.3) is 5.69 Å². The second kappa shape index (κ2) is 5.93.